The highest BCUT2D eigenvalue weighted by molar-refractivity contribution is 5.98. The fourth-order valence-corrected chi connectivity index (χ4v) is 3.65. The van der Waals surface area contributed by atoms with Crippen LogP contribution in [0.2, 0.25) is 0 Å². The number of benzene rings is 1. The fraction of sp³-hybridized carbons (Fsp3) is 0.412. The zero-order valence-corrected chi connectivity index (χ0v) is 12.5. The molecule has 0 radical (unpaired) electrons. The second-order valence-electron chi connectivity index (χ2n) is 6.57. The first-order valence-corrected chi connectivity index (χ1v) is 7.83. The molecule has 1 aromatic heterocycles. The zero-order chi connectivity index (χ0) is 16.1. The van der Waals surface area contributed by atoms with Crippen LogP contribution in [0.25, 0.3) is 10.9 Å². The summed E-state index contributed by atoms with van der Waals surface area (Å²) >= 11 is 0. The van der Waals surface area contributed by atoms with Crippen LogP contribution in [-0.4, -0.2) is 40.0 Å². The Morgan fingerprint density at radius 1 is 1.22 bits per heavy atom. The van der Waals surface area contributed by atoms with Gasteiger partial charge in [0.1, 0.15) is 11.5 Å². The number of aromatic amines is 1. The molecule has 1 aliphatic carbocycles. The predicted octanol–water partition coefficient (Wildman–Crippen LogP) is 2.49. The minimum absolute atomic E-state index is 0.0540. The van der Waals surface area contributed by atoms with E-state index in [4.69, 9.17) is 0 Å². The van der Waals surface area contributed by atoms with Crippen LogP contribution in [0.1, 0.15) is 23.3 Å². The molecule has 1 amide bonds. The van der Waals surface area contributed by atoms with Gasteiger partial charge in [-0.3, -0.25) is 9.59 Å². The molecule has 6 heteroatoms. The Morgan fingerprint density at radius 3 is 2.70 bits per heavy atom. The number of hydrogen-bond donors (Lipinski definition) is 2. The van der Waals surface area contributed by atoms with E-state index in [-0.39, 0.29) is 24.2 Å². The van der Waals surface area contributed by atoms with Crippen molar-refractivity contribution in [3.8, 4) is 0 Å². The minimum atomic E-state index is -0.823. The van der Waals surface area contributed by atoms with Gasteiger partial charge in [-0.15, -0.1) is 0 Å². The molecule has 2 N–H and O–H groups in total. The Morgan fingerprint density at radius 2 is 2.00 bits per heavy atom. The number of H-pyrrole nitrogens is 1. The largest absolute Gasteiger partial charge is 0.481 e. The Kier molecular flexibility index (Phi) is 3.14. The summed E-state index contributed by atoms with van der Waals surface area (Å²) in [7, 11) is 0. The quantitative estimate of drug-likeness (QED) is 0.913. The highest BCUT2D eigenvalue weighted by Crippen LogP contribution is 2.44. The van der Waals surface area contributed by atoms with Crippen LogP contribution in [0, 0.1) is 23.6 Å². The van der Waals surface area contributed by atoms with Gasteiger partial charge < -0.3 is 15.0 Å². The molecular weight excluding hydrogens is 299 g/mol. The summed E-state index contributed by atoms with van der Waals surface area (Å²) in [6.07, 6.45) is 2.12. The number of rotatable bonds is 3. The van der Waals surface area contributed by atoms with Crippen molar-refractivity contribution in [2.45, 2.75) is 12.8 Å². The third kappa shape index (κ3) is 2.48. The molecule has 23 heavy (non-hydrogen) atoms. The molecule has 1 saturated heterocycles. The van der Waals surface area contributed by atoms with E-state index in [1.807, 2.05) is 0 Å². The number of fused-ring (bicyclic) bond motifs is 1. The molecule has 0 bridgehead atoms. The summed E-state index contributed by atoms with van der Waals surface area (Å²) in [5.41, 5.74) is 1.08. The van der Waals surface area contributed by atoms with Crippen LogP contribution in [0.15, 0.2) is 24.3 Å². The highest BCUT2D eigenvalue weighted by atomic mass is 19.1. The maximum Gasteiger partial charge on any atom is 0.308 e. The van der Waals surface area contributed by atoms with Crippen LogP contribution >= 0.6 is 0 Å². The molecule has 0 unspecified atom stereocenters. The van der Waals surface area contributed by atoms with E-state index in [0.717, 1.165) is 12.8 Å². The summed E-state index contributed by atoms with van der Waals surface area (Å²) < 4.78 is 13.3. The summed E-state index contributed by atoms with van der Waals surface area (Å²) in [6.45, 7) is 0.739. The summed E-state index contributed by atoms with van der Waals surface area (Å²) in [5, 5.41) is 10.0. The third-order valence-electron chi connectivity index (χ3n) is 5.01. The molecule has 2 aliphatic rings. The second kappa shape index (κ2) is 5.08. The van der Waals surface area contributed by atoms with Gasteiger partial charge >= 0.3 is 5.97 Å². The molecule has 4 rings (SSSR count). The summed E-state index contributed by atoms with van der Waals surface area (Å²) in [4.78, 5) is 28.7. The molecular formula is C17H17FN2O3. The SMILES string of the molecule is O=C(O)[C@H]1CN(C(=O)c2cc3cc(F)ccc3[nH]2)C[C@@H]1C1CC1. The van der Waals surface area contributed by atoms with E-state index in [1.165, 1.54) is 12.1 Å². The molecule has 1 saturated carbocycles. The molecule has 1 aliphatic heterocycles. The van der Waals surface area contributed by atoms with Crippen molar-refractivity contribution >= 4 is 22.8 Å². The number of halogens is 1. The van der Waals surface area contributed by atoms with Crippen LogP contribution in [0.4, 0.5) is 4.39 Å². The molecule has 2 aromatic rings. The monoisotopic (exact) mass is 316 g/mol. The minimum Gasteiger partial charge on any atom is -0.481 e. The number of aliphatic carboxylic acids is 1. The Bertz CT molecular complexity index is 796. The van der Waals surface area contributed by atoms with Gasteiger partial charge in [-0.2, -0.15) is 0 Å². The normalized spacial score (nSPS) is 24.3. The van der Waals surface area contributed by atoms with Crippen LogP contribution < -0.4 is 0 Å². The van der Waals surface area contributed by atoms with Gasteiger partial charge in [0, 0.05) is 24.0 Å². The lowest BCUT2D eigenvalue weighted by Crippen LogP contribution is -2.30. The zero-order valence-electron chi connectivity index (χ0n) is 12.5. The van der Waals surface area contributed by atoms with Crippen molar-refractivity contribution in [2.24, 2.45) is 17.8 Å². The van der Waals surface area contributed by atoms with Crippen molar-refractivity contribution in [2.75, 3.05) is 13.1 Å². The van der Waals surface area contributed by atoms with E-state index in [0.29, 0.717) is 29.1 Å². The van der Waals surface area contributed by atoms with Gasteiger partial charge in [-0.1, -0.05) is 0 Å². The van der Waals surface area contributed by atoms with Gasteiger partial charge in [0.15, 0.2) is 0 Å². The van der Waals surface area contributed by atoms with E-state index in [1.54, 1.807) is 17.0 Å². The fourth-order valence-electron chi connectivity index (χ4n) is 3.65. The first-order valence-electron chi connectivity index (χ1n) is 7.83. The maximum atomic E-state index is 13.3. The molecule has 5 nitrogen and oxygen atoms in total. The lowest BCUT2D eigenvalue weighted by atomic mass is 9.92. The van der Waals surface area contributed by atoms with E-state index < -0.39 is 11.9 Å². The number of carboxylic acids is 1. The standard InChI is InChI=1S/C17H17FN2O3/c18-11-3-4-14-10(5-11)6-15(19-14)16(21)20-7-12(9-1-2-9)13(8-20)17(22)23/h3-6,9,12-13,19H,1-2,7-8H2,(H,22,23)/t12-,13+/m1/s1. The smallest absolute Gasteiger partial charge is 0.308 e. The molecule has 2 heterocycles. The molecule has 1 aromatic carbocycles. The first-order chi connectivity index (χ1) is 11.0. The number of carbonyl (C=O) groups is 2. The molecule has 0 spiro atoms. The number of carbonyl (C=O) groups excluding carboxylic acids is 1. The topological polar surface area (TPSA) is 73.4 Å². The number of aromatic nitrogens is 1. The van der Waals surface area contributed by atoms with Gasteiger partial charge in [0.25, 0.3) is 5.91 Å². The molecule has 120 valence electrons. The summed E-state index contributed by atoms with van der Waals surface area (Å²) in [6, 6.07) is 5.94. The van der Waals surface area contributed by atoms with E-state index in [2.05, 4.69) is 4.98 Å². The van der Waals surface area contributed by atoms with E-state index >= 15 is 0 Å². The number of likely N-dealkylation sites (tertiary alicyclic amines) is 1. The average Bonchev–Trinajstić information content (AvgIpc) is 3.11. The van der Waals surface area contributed by atoms with E-state index in [9.17, 15) is 19.1 Å². The second-order valence-corrected chi connectivity index (χ2v) is 6.57. The predicted molar refractivity (Wildman–Crippen MR) is 81.5 cm³/mol. The van der Waals surface area contributed by atoms with Crippen LogP contribution in [0.5, 0.6) is 0 Å². The van der Waals surface area contributed by atoms with Gasteiger partial charge in [-0.25, -0.2) is 4.39 Å². The molecule has 2 atom stereocenters. The van der Waals surface area contributed by atoms with Crippen molar-refractivity contribution in [1.82, 2.24) is 9.88 Å². The van der Waals surface area contributed by atoms with Crippen molar-refractivity contribution in [1.29, 1.82) is 0 Å². The van der Waals surface area contributed by atoms with Crippen LogP contribution in [0.3, 0.4) is 0 Å². The number of hydrogen-bond acceptors (Lipinski definition) is 2. The lowest BCUT2D eigenvalue weighted by molar-refractivity contribution is -0.142. The number of nitrogens with one attached hydrogen (secondary N) is 1. The third-order valence-corrected chi connectivity index (χ3v) is 5.01. The summed E-state index contributed by atoms with van der Waals surface area (Å²) in [5.74, 6) is -1.37. The highest BCUT2D eigenvalue weighted by Gasteiger charge is 2.47. The first kappa shape index (κ1) is 14.2. The lowest BCUT2D eigenvalue weighted by Gasteiger charge is -2.15. The van der Waals surface area contributed by atoms with Gasteiger partial charge in [0.2, 0.25) is 0 Å². The van der Waals surface area contributed by atoms with Crippen molar-refractivity contribution in [3.05, 3.63) is 35.8 Å². The van der Waals surface area contributed by atoms with Crippen molar-refractivity contribution < 1.29 is 19.1 Å². The van der Waals surface area contributed by atoms with Gasteiger partial charge in [0.05, 0.1) is 5.92 Å². The van der Waals surface area contributed by atoms with Crippen molar-refractivity contribution in [3.63, 3.8) is 0 Å². The number of nitrogens with zero attached hydrogens (tertiary/aromatic N) is 1. The Hall–Kier alpha value is -2.37. The Labute approximate surface area is 132 Å². The van der Waals surface area contributed by atoms with Gasteiger partial charge in [-0.05, 0) is 48.9 Å². The average molecular weight is 316 g/mol. The Balaban J connectivity index is 1.59. The maximum absolute atomic E-state index is 13.3. The number of carboxylic acid groups (broad SMARTS) is 1. The van der Waals surface area contributed by atoms with Crippen LogP contribution in [-0.2, 0) is 4.79 Å². The molecule has 2 fully saturated rings. The number of amides is 1.